The summed E-state index contributed by atoms with van der Waals surface area (Å²) in [5.74, 6) is 0. The molecule has 0 aliphatic rings. The first-order valence-electron chi connectivity index (χ1n) is 2.72. The van der Waals surface area contributed by atoms with Crippen LogP contribution in [0.25, 0.3) is 0 Å². The zero-order valence-electron chi connectivity index (χ0n) is 6.09. The van der Waals surface area contributed by atoms with E-state index in [1.807, 2.05) is 20.8 Å². The van der Waals surface area contributed by atoms with Crippen LogP contribution in [-0.2, 0) is 4.84 Å². The lowest BCUT2D eigenvalue weighted by molar-refractivity contribution is 0.342. The molecule has 0 bridgehead atoms. The Morgan fingerprint density at radius 2 is 2.00 bits per heavy atom. The van der Waals surface area contributed by atoms with Gasteiger partial charge >= 0.3 is 0 Å². The third-order valence-corrected chi connectivity index (χ3v) is 0.562. The van der Waals surface area contributed by atoms with E-state index in [0.29, 0.717) is 0 Å². The second kappa shape index (κ2) is 3.22. The number of nitrogens with zero attached hydrogens (tertiary/aromatic N) is 2. The second-order valence-electron chi connectivity index (χ2n) is 2.64. The van der Waals surface area contributed by atoms with Crippen LogP contribution in [0.3, 0.4) is 0 Å². The van der Waals surface area contributed by atoms with Gasteiger partial charge in [0.15, 0.2) is 0 Å². The van der Waals surface area contributed by atoms with Crippen molar-refractivity contribution >= 4 is 13.1 Å². The fourth-order valence-corrected chi connectivity index (χ4v) is 0.215. The van der Waals surface area contributed by atoms with Gasteiger partial charge in [0.1, 0.15) is 0 Å². The summed E-state index contributed by atoms with van der Waals surface area (Å²) >= 11 is 0. The van der Waals surface area contributed by atoms with Gasteiger partial charge in [-0.05, 0) is 20.8 Å². The van der Waals surface area contributed by atoms with Crippen LogP contribution in [0, 0.1) is 0 Å². The maximum absolute atomic E-state index is 4.43. The lowest BCUT2D eigenvalue weighted by Gasteiger charge is -2.08. The molecule has 0 N–H and O–H groups in total. The lowest BCUT2D eigenvalue weighted by Crippen LogP contribution is -2.09. The maximum atomic E-state index is 4.43. The number of hydrogen-bond acceptors (Lipinski definition) is 3. The quantitative estimate of drug-likeness (QED) is 0.315. The predicted molar refractivity (Wildman–Crippen MR) is 38.9 cm³/mol. The van der Waals surface area contributed by atoms with Crippen molar-refractivity contribution in [3.8, 4) is 0 Å². The van der Waals surface area contributed by atoms with Gasteiger partial charge in [-0.3, -0.25) is 4.99 Å². The van der Waals surface area contributed by atoms with Gasteiger partial charge in [-0.15, -0.1) is 0 Å². The van der Waals surface area contributed by atoms with E-state index in [9.17, 15) is 0 Å². The molecule has 0 aliphatic carbocycles. The molecule has 0 aromatic heterocycles. The van der Waals surface area contributed by atoms with Crippen LogP contribution in [0.4, 0.5) is 0 Å². The minimum absolute atomic E-state index is 0.0926. The van der Waals surface area contributed by atoms with Crippen molar-refractivity contribution in [3.63, 3.8) is 0 Å². The molecule has 0 heterocycles. The fourth-order valence-electron chi connectivity index (χ4n) is 0.215. The highest BCUT2D eigenvalue weighted by atomic mass is 16.6. The van der Waals surface area contributed by atoms with E-state index in [1.165, 1.54) is 6.40 Å². The Balaban J connectivity index is 3.57. The highest BCUT2D eigenvalue weighted by molar-refractivity contribution is 5.47. The van der Waals surface area contributed by atoms with Gasteiger partial charge in [-0.25, -0.2) is 0 Å². The normalized spacial score (nSPS) is 11.9. The molecule has 0 aromatic carbocycles. The predicted octanol–water partition coefficient (Wildman–Crippen LogP) is 1.45. The summed E-state index contributed by atoms with van der Waals surface area (Å²) < 4.78 is 0. The van der Waals surface area contributed by atoms with Crippen LogP contribution >= 0.6 is 0 Å². The fraction of sp³-hybridized carbons (Fsp3) is 0.667. The van der Waals surface area contributed by atoms with E-state index < -0.39 is 0 Å². The third-order valence-electron chi connectivity index (χ3n) is 0.562. The molecular formula is C6H12N2O. The van der Waals surface area contributed by atoms with Crippen LogP contribution in [0.5, 0.6) is 0 Å². The van der Waals surface area contributed by atoms with E-state index in [0.717, 1.165) is 0 Å². The molecule has 52 valence electrons. The first-order chi connectivity index (χ1) is 4.06. The molecule has 0 saturated carbocycles. The van der Waals surface area contributed by atoms with Crippen LogP contribution in [0.2, 0.25) is 0 Å². The van der Waals surface area contributed by atoms with Gasteiger partial charge in [0, 0.05) is 6.72 Å². The van der Waals surface area contributed by atoms with E-state index in [4.69, 9.17) is 0 Å². The maximum Gasteiger partial charge on any atom is 0.207 e. The summed E-state index contributed by atoms with van der Waals surface area (Å²) in [4.78, 5) is 8.40. The minimum Gasteiger partial charge on any atom is -0.346 e. The molecular weight excluding hydrogens is 116 g/mol. The highest BCUT2D eigenvalue weighted by Gasteiger charge is 2.03. The second-order valence-corrected chi connectivity index (χ2v) is 2.64. The monoisotopic (exact) mass is 128 g/mol. The van der Waals surface area contributed by atoms with E-state index in [2.05, 4.69) is 21.7 Å². The van der Waals surface area contributed by atoms with Gasteiger partial charge in [-0.2, -0.15) is 0 Å². The molecule has 0 atom stereocenters. The van der Waals surface area contributed by atoms with Crippen molar-refractivity contribution in [2.45, 2.75) is 26.3 Å². The molecule has 3 nitrogen and oxygen atoms in total. The molecule has 0 aromatic rings. The van der Waals surface area contributed by atoms with Crippen molar-refractivity contribution in [1.82, 2.24) is 0 Å². The molecule has 0 fully saturated rings. The van der Waals surface area contributed by atoms with Crippen LogP contribution in [0.1, 0.15) is 20.8 Å². The Hall–Kier alpha value is -0.860. The van der Waals surface area contributed by atoms with Crippen molar-refractivity contribution < 1.29 is 4.84 Å². The summed E-state index contributed by atoms with van der Waals surface area (Å²) in [7, 11) is 0. The van der Waals surface area contributed by atoms with Crippen LogP contribution < -0.4 is 0 Å². The molecule has 3 heteroatoms. The summed E-state index contributed by atoms with van der Waals surface area (Å²) in [6.07, 6.45) is 1.28. The molecule has 0 unspecified atom stereocenters. The zero-order chi connectivity index (χ0) is 7.33. The summed E-state index contributed by atoms with van der Waals surface area (Å²) in [5.41, 5.74) is -0.0926. The van der Waals surface area contributed by atoms with Crippen molar-refractivity contribution in [1.29, 1.82) is 0 Å². The van der Waals surface area contributed by atoms with E-state index >= 15 is 0 Å². The van der Waals surface area contributed by atoms with Crippen LogP contribution in [0.15, 0.2) is 10.1 Å². The Morgan fingerprint density at radius 3 is 2.33 bits per heavy atom. The van der Waals surface area contributed by atoms with Crippen LogP contribution in [-0.4, -0.2) is 18.7 Å². The van der Waals surface area contributed by atoms with E-state index in [1.54, 1.807) is 0 Å². The van der Waals surface area contributed by atoms with Crippen molar-refractivity contribution in [2.75, 3.05) is 0 Å². The first kappa shape index (κ1) is 8.14. The van der Waals surface area contributed by atoms with Gasteiger partial charge in [0.05, 0.1) is 5.54 Å². The SMILES string of the molecule is C=NOC=NC(C)(C)C. The number of hydrogen-bond donors (Lipinski definition) is 0. The minimum atomic E-state index is -0.0926. The summed E-state index contributed by atoms with van der Waals surface area (Å²) in [6.45, 7) is 9.02. The van der Waals surface area contributed by atoms with E-state index in [-0.39, 0.29) is 5.54 Å². The standard InChI is InChI=1S/C6H12N2O/c1-6(2,3)8-5-9-7-4/h5H,4H2,1-3H3. The molecule has 0 rings (SSSR count). The first-order valence-corrected chi connectivity index (χ1v) is 2.72. The summed E-state index contributed by atoms with van der Waals surface area (Å²) in [5, 5.41) is 3.14. The molecule has 0 spiro atoms. The van der Waals surface area contributed by atoms with Gasteiger partial charge in [0.2, 0.25) is 6.40 Å². The third kappa shape index (κ3) is 7.14. The molecule has 0 amide bonds. The van der Waals surface area contributed by atoms with Gasteiger partial charge in [0.25, 0.3) is 0 Å². The van der Waals surface area contributed by atoms with Crippen molar-refractivity contribution in [3.05, 3.63) is 0 Å². The highest BCUT2D eigenvalue weighted by Crippen LogP contribution is 2.04. The average molecular weight is 128 g/mol. The van der Waals surface area contributed by atoms with Crippen molar-refractivity contribution in [2.24, 2.45) is 10.1 Å². The van der Waals surface area contributed by atoms with Gasteiger partial charge < -0.3 is 4.84 Å². The molecule has 0 aliphatic heterocycles. The Bertz CT molecular complexity index is 113. The summed E-state index contributed by atoms with van der Waals surface area (Å²) in [6, 6.07) is 0. The number of rotatable bonds is 2. The largest absolute Gasteiger partial charge is 0.346 e. The Labute approximate surface area is 55.4 Å². The Morgan fingerprint density at radius 1 is 1.44 bits per heavy atom. The number of oxime groups is 1. The zero-order valence-corrected chi connectivity index (χ0v) is 6.09. The topological polar surface area (TPSA) is 34.0 Å². The molecule has 0 radical (unpaired) electrons. The number of aliphatic imine (C=N–C) groups is 1. The molecule has 9 heavy (non-hydrogen) atoms. The smallest absolute Gasteiger partial charge is 0.207 e. The average Bonchev–Trinajstić information content (AvgIpc) is 1.63. The lowest BCUT2D eigenvalue weighted by atomic mass is 10.1. The Kier molecular flexibility index (Phi) is 2.91. The molecule has 0 saturated heterocycles. The van der Waals surface area contributed by atoms with Gasteiger partial charge in [-0.1, -0.05) is 5.16 Å².